The Hall–Kier alpha value is -3.74. The van der Waals surface area contributed by atoms with Crippen LogP contribution in [0.2, 0.25) is 0 Å². The van der Waals surface area contributed by atoms with Crippen LogP contribution >= 0.6 is 0 Å². The van der Waals surface area contributed by atoms with E-state index in [4.69, 9.17) is 4.74 Å². The average molecular weight is 377 g/mol. The molecule has 0 aliphatic rings. The van der Waals surface area contributed by atoms with Gasteiger partial charge in [-0.2, -0.15) is 0 Å². The van der Waals surface area contributed by atoms with Gasteiger partial charge < -0.3 is 10.1 Å². The fraction of sp³-hybridized carbons (Fsp3) is 0.143. The molecule has 1 amide bonds. The SMILES string of the molecule is Cc1ccc(C)c(Oc2ccc(CNC(=O)c3ccccc3[N+](=O)[O-])cn2)c1. The lowest BCUT2D eigenvalue weighted by Gasteiger charge is -2.10. The summed E-state index contributed by atoms with van der Waals surface area (Å²) < 4.78 is 5.81. The van der Waals surface area contributed by atoms with E-state index in [0.29, 0.717) is 5.88 Å². The minimum absolute atomic E-state index is 0.0235. The normalized spacial score (nSPS) is 10.4. The van der Waals surface area contributed by atoms with Crippen LogP contribution in [-0.2, 0) is 6.54 Å². The lowest BCUT2D eigenvalue weighted by atomic mass is 10.1. The van der Waals surface area contributed by atoms with Gasteiger partial charge in [0.15, 0.2) is 0 Å². The number of benzene rings is 2. The summed E-state index contributed by atoms with van der Waals surface area (Å²) in [6, 6.07) is 15.3. The number of rotatable bonds is 6. The maximum Gasteiger partial charge on any atom is 0.282 e. The molecule has 0 aliphatic heterocycles. The van der Waals surface area contributed by atoms with Gasteiger partial charge in [-0.1, -0.05) is 30.3 Å². The standard InChI is InChI=1S/C21H19N3O4/c1-14-7-8-15(2)19(11-14)28-20-10-9-16(12-22-20)13-23-21(25)17-5-3-4-6-18(17)24(26)27/h3-12H,13H2,1-2H3,(H,23,25). The summed E-state index contributed by atoms with van der Waals surface area (Å²) in [6.07, 6.45) is 1.60. The minimum Gasteiger partial charge on any atom is -0.439 e. The van der Waals surface area contributed by atoms with Gasteiger partial charge in [0, 0.05) is 24.9 Å². The number of nitro groups is 1. The zero-order valence-corrected chi connectivity index (χ0v) is 15.5. The predicted octanol–water partition coefficient (Wildman–Crippen LogP) is 4.33. The monoisotopic (exact) mass is 377 g/mol. The molecule has 0 spiro atoms. The van der Waals surface area contributed by atoms with Crippen molar-refractivity contribution in [3.05, 3.63) is 93.2 Å². The van der Waals surface area contributed by atoms with Crippen molar-refractivity contribution in [3.8, 4) is 11.6 Å². The number of carbonyl (C=O) groups excluding carboxylic acids is 1. The molecule has 0 unspecified atom stereocenters. The van der Waals surface area contributed by atoms with Gasteiger partial charge in [-0.3, -0.25) is 14.9 Å². The van der Waals surface area contributed by atoms with Crippen LogP contribution in [0.4, 0.5) is 5.69 Å². The molecule has 0 radical (unpaired) electrons. The quantitative estimate of drug-likeness (QED) is 0.510. The molecule has 2 aromatic carbocycles. The van der Waals surface area contributed by atoms with Crippen LogP contribution in [-0.4, -0.2) is 15.8 Å². The molecule has 28 heavy (non-hydrogen) atoms. The first-order valence-electron chi connectivity index (χ1n) is 8.65. The largest absolute Gasteiger partial charge is 0.439 e. The van der Waals surface area contributed by atoms with Crippen LogP contribution in [0, 0.1) is 24.0 Å². The smallest absolute Gasteiger partial charge is 0.282 e. The van der Waals surface area contributed by atoms with Crippen molar-refractivity contribution in [2.75, 3.05) is 0 Å². The number of hydrogen-bond acceptors (Lipinski definition) is 5. The van der Waals surface area contributed by atoms with E-state index in [1.54, 1.807) is 24.4 Å². The molecule has 1 N–H and O–H groups in total. The Morgan fingerprint density at radius 2 is 1.93 bits per heavy atom. The fourth-order valence-corrected chi connectivity index (χ4v) is 2.61. The van der Waals surface area contributed by atoms with Crippen LogP contribution in [0.15, 0.2) is 60.8 Å². The van der Waals surface area contributed by atoms with E-state index in [1.807, 2.05) is 32.0 Å². The molecule has 142 valence electrons. The summed E-state index contributed by atoms with van der Waals surface area (Å²) in [4.78, 5) is 27.0. The number of para-hydroxylation sites is 1. The zero-order valence-electron chi connectivity index (χ0n) is 15.5. The van der Waals surface area contributed by atoms with Crippen LogP contribution in [0.3, 0.4) is 0 Å². The van der Waals surface area contributed by atoms with E-state index in [0.717, 1.165) is 22.4 Å². The van der Waals surface area contributed by atoms with E-state index in [1.165, 1.54) is 18.2 Å². The molecule has 0 saturated heterocycles. The fourth-order valence-electron chi connectivity index (χ4n) is 2.61. The molecule has 1 aromatic heterocycles. The van der Waals surface area contributed by atoms with Crippen molar-refractivity contribution in [2.24, 2.45) is 0 Å². The summed E-state index contributed by atoms with van der Waals surface area (Å²) in [6.45, 7) is 4.14. The van der Waals surface area contributed by atoms with Crippen molar-refractivity contribution >= 4 is 11.6 Å². The topological polar surface area (TPSA) is 94.4 Å². The molecular formula is C21H19N3O4. The third-order valence-corrected chi connectivity index (χ3v) is 4.15. The molecule has 0 bridgehead atoms. The number of aryl methyl sites for hydroxylation is 2. The molecule has 1 heterocycles. The van der Waals surface area contributed by atoms with Crippen molar-refractivity contribution in [2.45, 2.75) is 20.4 Å². The molecule has 3 rings (SSSR count). The number of pyridine rings is 1. The Bertz CT molecular complexity index is 1020. The molecule has 3 aromatic rings. The Morgan fingerprint density at radius 3 is 2.64 bits per heavy atom. The average Bonchev–Trinajstić information content (AvgIpc) is 2.70. The first kappa shape index (κ1) is 19.0. The van der Waals surface area contributed by atoms with Gasteiger partial charge in [0.2, 0.25) is 5.88 Å². The van der Waals surface area contributed by atoms with Gasteiger partial charge in [-0.05, 0) is 42.7 Å². The molecule has 0 saturated carbocycles. The highest BCUT2D eigenvalue weighted by atomic mass is 16.6. The Labute approximate surface area is 162 Å². The van der Waals surface area contributed by atoms with Gasteiger partial charge in [-0.15, -0.1) is 0 Å². The lowest BCUT2D eigenvalue weighted by molar-refractivity contribution is -0.385. The first-order valence-corrected chi connectivity index (χ1v) is 8.65. The number of hydrogen-bond donors (Lipinski definition) is 1. The molecule has 0 aliphatic carbocycles. The molecule has 7 heteroatoms. The third-order valence-electron chi connectivity index (χ3n) is 4.15. The second kappa shape index (κ2) is 8.30. The van der Waals surface area contributed by atoms with Gasteiger partial charge in [0.05, 0.1) is 4.92 Å². The van der Waals surface area contributed by atoms with Crippen molar-refractivity contribution in [1.82, 2.24) is 10.3 Å². The van der Waals surface area contributed by atoms with Crippen LogP contribution in [0.5, 0.6) is 11.6 Å². The summed E-state index contributed by atoms with van der Waals surface area (Å²) in [5.41, 5.74) is 2.65. The maximum absolute atomic E-state index is 12.3. The van der Waals surface area contributed by atoms with E-state index < -0.39 is 10.8 Å². The van der Waals surface area contributed by atoms with Gasteiger partial charge >= 0.3 is 0 Å². The lowest BCUT2D eigenvalue weighted by Crippen LogP contribution is -2.23. The number of carbonyl (C=O) groups is 1. The summed E-state index contributed by atoms with van der Waals surface area (Å²) in [7, 11) is 0. The second-order valence-corrected chi connectivity index (χ2v) is 6.33. The van der Waals surface area contributed by atoms with E-state index in [2.05, 4.69) is 10.3 Å². The second-order valence-electron chi connectivity index (χ2n) is 6.33. The number of ether oxygens (including phenoxy) is 1. The zero-order chi connectivity index (χ0) is 20.1. The van der Waals surface area contributed by atoms with Crippen LogP contribution in [0.25, 0.3) is 0 Å². The third kappa shape index (κ3) is 4.50. The van der Waals surface area contributed by atoms with Crippen LogP contribution in [0.1, 0.15) is 27.0 Å². The maximum atomic E-state index is 12.3. The van der Waals surface area contributed by atoms with E-state index >= 15 is 0 Å². The number of aromatic nitrogens is 1. The molecule has 0 atom stereocenters. The van der Waals surface area contributed by atoms with Gasteiger partial charge in [0.1, 0.15) is 11.3 Å². The molecule has 7 nitrogen and oxygen atoms in total. The van der Waals surface area contributed by atoms with Crippen molar-refractivity contribution in [3.63, 3.8) is 0 Å². The van der Waals surface area contributed by atoms with Crippen molar-refractivity contribution < 1.29 is 14.5 Å². The highest BCUT2D eigenvalue weighted by molar-refractivity contribution is 5.98. The van der Waals surface area contributed by atoms with E-state index in [-0.39, 0.29) is 17.8 Å². The molecular weight excluding hydrogens is 358 g/mol. The van der Waals surface area contributed by atoms with Gasteiger partial charge in [-0.25, -0.2) is 4.98 Å². The minimum atomic E-state index is -0.574. The number of nitro benzene ring substituents is 1. The predicted molar refractivity (Wildman–Crippen MR) is 104 cm³/mol. The number of amides is 1. The number of nitrogens with one attached hydrogen (secondary N) is 1. The van der Waals surface area contributed by atoms with Crippen LogP contribution < -0.4 is 10.1 Å². The van der Waals surface area contributed by atoms with Gasteiger partial charge in [0.25, 0.3) is 11.6 Å². The molecule has 0 fully saturated rings. The summed E-state index contributed by atoms with van der Waals surface area (Å²) in [5.74, 6) is 0.676. The Balaban J connectivity index is 1.64. The number of nitrogens with zero attached hydrogens (tertiary/aromatic N) is 2. The van der Waals surface area contributed by atoms with E-state index in [9.17, 15) is 14.9 Å². The highest BCUT2D eigenvalue weighted by Gasteiger charge is 2.18. The summed E-state index contributed by atoms with van der Waals surface area (Å²) in [5, 5.41) is 13.7. The first-order chi connectivity index (χ1) is 13.4. The Kier molecular flexibility index (Phi) is 5.64. The Morgan fingerprint density at radius 1 is 1.14 bits per heavy atom. The highest BCUT2D eigenvalue weighted by Crippen LogP contribution is 2.24. The van der Waals surface area contributed by atoms with Crippen molar-refractivity contribution in [1.29, 1.82) is 0 Å². The summed E-state index contributed by atoms with van der Waals surface area (Å²) >= 11 is 0.